The van der Waals surface area contributed by atoms with Gasteiger partial charge in [-0.3, -0.25) is 4.79 Å². The van der Waals surface area contributed by atoms with E-state index in [1.165, 1.54) is 5.54 Å². The van der Waals surface area contributed by atoms with E-state index in [9.17, 15) is 4.79 Å². The molecule has 1 unspecified atom stereocenters. The highest BCUT2D eigenvalue weighted by atomic mass is 35.5. The molecule has 0 amide bonds. The van der Waals surface area contributed by atoms with Gasteiger partial charge in [-0.15, -0.1) is 0 Å². The van der Waals surface area contributed by atoms with Gasteiger partial charge in [0.25, 0.3) is 0 Å². The van der Waals surface area contributed by atoms with Gasteiger partial charge >= 0.3 is 5.97 Å². The zero-order chi connectivity index (χ0) is 12.4. The number of anilines is 1. The number of carboxylic acid groups (broad SMARTS) is 1. The summed E-state index contributed by atoms with van der Waals surface area (Å²) in [6, 6.07) is 7.47. The van der Waals surface area contributed by atoms with Crippen molar-refractivity contribution in [3.63, 3.8) is 0 Å². The maximum absolute atomic E-state index is 11.2. The first kappa shape index (κ1) is 12.3. The largest absolute Gasteiger partial charge is 0.481 e. The van der Waals surface area contributed by atoms with E-state index in [1.807, 2.05) is 29.2 Å². The number of hydrogen-bond acceptors (Lipinski definition) is 2. The summed E-state index contributed by atoms with van der Waals surface area (Å²) in [4.78, 5) is 13.1. The number of halogens is 2. The number of para-hydroxylation sites is 1. The van der Waals surface area contributed by atoms with Crippen LogP contribution in [-0.2, 0) is 4.79 Å². The third-order valence-electron chi connectivity index (χ3n) is 2.81. The first-order chi connectivity index (χ1) is 8.13. The summed E-state index contributed by atoms with van der Waals surface area (Å²) in [7, 11) is 0. The monoisotopic (exact) mass is 271 g/mol. The fraction of sp³-hybridized carbons (Fsp3) is 0.250. The van der Waals surface area contributed by atoms with Crippen LogP contribution < -0.4 is 4.90 Å². The van der Waals surface area contributed by atoms with Crippen molar-refractivity contribution in [3.05, 3.63) is 40.4 Å². The Balaban J connectivity index is 2.31. The average molecular weight is 272 g/mol. The maximum Gasteiger partial charge on any atom is 0.312 e. The van der Waals surface area contributed by atoms with Crippen molar-refractivity contribution < 1.29 is 9.90 Å². The van der Waals surface area contributed by atoms with E-state index < -0.39 is 11.9 Å². The summed E-state index contributed by atoms with van der Waals surface area (Å²) >= 11 is 11.4. The molecule has 1 aromatic rings. The van der Waals surface area contributed by atoms with Gasteiger partial charge < -0.3 is 10.0 Å². The smallest absolute Gasteiger partial charge is 0.312 e. The van der Waals surface area contributed by atoms with Crippen LogP contribution in [0.1, 0.15) is 11.5 Å². The Hall–Kier alpha value is -1.19. The van der Waals surface area contributed by atoms with Gasteiger partial charge in [0, 0.05) is 22.8 Å². The van der Waals surface area contributed by atoms with Crippen LogP contribution in [0.3, 0.4) is 0 Å². The Morgan fingerprint density at radius 2 is 2.24 bits per heavy atom. The molecule has 17 heavy (non-hydrogen) atoms. The molecule has 0 fully saturated rings. The highest BCUT2D eigenvalue weighted by Crippen LogP contribution is 2.36. The summed E-state index contributed by atoms with van der Waals surface area (Å²) in [5.41, 5.74) is 3.05. The maximum atomic E-state index is 11.2. The van der Waals surface area contributed by atoms with Gasteiger partial charge in [-0.25, -0.2) is 0 Å². The SMILES string of the molecule is O=C(O)C1CN(C/C(Cl)=C/Cl)c2ccccc21. The fourth-order valence-electron chi connectivity index (χ4n) is 2.06. The number of carbonyl (C=O) groups is 1. The minimum absolute atomic E-state index is 0.426. The summed E-state index contributed by atoms with van der Waals surface area (Å²) in [6.45, 7) is 0.863. The third-order valence-corrected chi connectivity index (χ3v) is 3.42. The van der Waals surface area contributed by atoms with Crippen LogP contribution in [0.15, 0.2) is 34.8 Å². The highest BCUT2D eigenvalue weighted by Gasteiger charge is 2.33. The van der Waals surface area contributed by atoms with Gasteiger partial charge in [0.15, 0.2) is 0 Å². The van der Waals surface area contributed by atoms with Crippen LogP contribution >= 0.6 is 23.2 Å². The number of hydrogen-bond donors (Lipinski definition) is 1. The predicted molar refractivity (Wildman–Crippen MR) is 68.8 cm³/mol. The van der Waals surface area contributed by atoms with E-state index in [4.69, 9.17) is 28.3 Å². The van der Waals surface area contributed by atoms with Crippen LogP contribution in [0, 0.1) is 0 Å². The summed E-state index contributed by atoms with van der Waals surface area (Å²) in [5.74, 6) is -1.31. The summed E-state index contributed by atoms with van der Waals surface area (Å²) in [5, 5.41) is 9.66. The minimum Gasteiger partial charge on any atom is -0.481 e. The molecular formula is C12H11Cl2NO2. The van der Waals surface area contributed by atoms with Crippen molar-refractivity contribution in [2.45, 2.75) is 5.92 Å². The van der Waals surface area contributed by atoms with Gasteiger partial charge in [0.2, 0.25) is 0 Å². The molecule has 1 aliphatic heterocycles. The topological polar surface area (TPSA) is 40.5 Å². The number of carboxylic acids is 1. The Bertz CT molecular complexity index is 473. The highest BCUT2D eigenvalue weighted by molar-refractivity contribution is 6.36. The number of fused-ring (bicyclic) bond motifs is 1. The van der Waals surface area contributed by atoms with Gasteiger partial charge in [0.05, 0.1) is 6.54 Å². The molecule has 1 aliphatic rings. The molecule has 0 aliphatic carbocycles. The Morgan fingerprint density at radius 1 is 1.53 bits per heavy atom. The van der Waals surface area contributed by atoms with Gasteiger partial charge in [0.1, 0.15) is 5.92 Å². The molecule has 3 nitrogen and oxygen atoms in total. The molecule has 0 saturated heterocycles. The standard InChI is InChI=1S/C12H11Cl2NO2/c13-5-8(14)6-15-7-10(12(16)17)9-3-1-2-4-11(9)15/h1-5,10H,6-7H2,(H,16,17)/b8-5-. The first-order valence-electron chi connectivity index (χ1n) is 5.15. The quantitative estimate of drug-likeness (QED) is 0.919. The van der Waals surface area contributed by atoms with E-state index in [2.05, 4.69) is 0 Å². The molecule has 0 aromatic heterocycles. The van der Waals surface area contributed by atoms with Gasteiger partial charge in [-0.05, 0) is 11.6 Å². The predicted octanol–water partition coefficient (Wildman–Crippen LogP) is 2.99. The second-order valence-corrected chi connectivity index (χ2v) is 4.59. The molecule has 2 rings (SSSR count). The van der Waals surface area contributed by atoms with Crippen LogP contribution in [0.25, 0.3) is 0 Å². The first-order valence-corrected chi connectivity index (χ1v) is 5.96. The van der Waals surface area contributed by atoms with Gasteiger partial charge in [-0.1, -0.05) is 41.4 Å². The lowest BCUT2D eigenvalue weighted by Gasteiger charge is -2.18. The molecule has 90 valence electrons. The zero-order valence-corrected chi connectivity index (χ0v) is 10.4. The van der Waals surface area contributed by atoms with E-state index in [1.54, 1.807) is 0 Å². The molecule has 1 aromatic carbocycles. The van der Waals surface area contributed by atoms with Crippen LogP contribution in [0.4, 0.5) is 5.69 Å². The zero-order valence-electron chi connectivity index (χ0n) is 8.94. The van der Waals surface area contributed by atoms with E-state index in [0.717, 1.165) is 11.3 Å². The molecule has 1 N–H and O–H groups in total. The molecule has 0 radical (unpaired) electrons. The molecule has 1 atom stereocenters. The lowest BCUT2D eigenvalue weighted by atomic mass is 10.0. The van der Waals surface area contributed by atoms with Crippen molar-refractivity contribution in [2.24, 2.45) is 0 Å². The minimum atomic E-state index is -0.814. The summed E-state index contributed by atoms with van der Waals surface area (Å²) in [6.07, 6.45) is 0. The average Bonchev–Trinajstić information content (AvgIpc) is 2.68. The van der Waals surface area contributed by atoms with Crippen LogP contribution in [0.5, 0.6) is 0 Å². The molecule has 0 spiro atoms. The Kier molecular flexibility index (Phi) is 3.60. The van der Waals surface area contributed by atoms with Crippen LogP contribution in [0.2, 0.25) is 0 Å². The lowest BCUT2D eigenvalue weighted by molar-refractivity contribution is -0.138. The van der Waals surface area contributed by atoms with E-state index in [0.29, 0.717) is 18.1 Å². The van der Waals surface area contributed by atoms with Crippen molar-refractivity contribution in [2.75, 3.05) is 18.0 Å². The molecule has 5 heteroatoms. The number of aliphatic carboxylic acids is 1. The molecular weight excluding hydrogens is 261 g/mol. The second kappa shape index (κ2) is 4.98. The summed E-state index contributed by atoms with van der Waals surface area (Å²) < 4.78 is 0. The van der Waals surface area contributed by atoms with E-state index >= 15 is 0 Å². The Morgan fingerprint density at radius 3 is 2.88 bits per heavy atom. The fourth-order valence-corrected chi connectivity index (χ4v) is 2.28. The third kappa shape index (κ3) is 2.40. The number of benzene rings is 1. The number of nitrogens with zero attached hydrogens (tertiary/aromatic N) is 1. The normalized spacial score (nSPS) is 19.3. The van der Waals surface area contributed by atoms with Crippen molar-refractivity contribution in [1.29, 1.82) is 0 Å². The molecule has 1 heterocycles. The van der Waals surface area contributed by atoms with Crippen molar-refractivity contribution in [1.82, 2.24) is 0 Å². The van der Waals surface area contributed by atoms with Crippen molar-refractivity contribution >= 4 is 34.9 Å². The van der Waals surface area contributed by atoms with Crippen LogP contribution in [-0.4, -0.2) is 24.2 Å². The van der Waals surface area contributed by atoms with E-state index in [-0.39, 0.29) is 0 Å². The molecule has 0 bridgehead atoms. The van der Waals surface area contributed by atoms with Crippen molar-refractivity contribution in [3.8, 4) is 0 Å². The molecule has 0 saturated carbocycles. The van der Waals surface area contributed by atoms with Gasteiger partial charge in [-0.2, -0.15) is 0 Å². The Labute approximate surface area is 109 Å². The lowest BCUT2D eigenvalue weighted by Crippen LogP contribution is -2.25. The number of rotatable bonds is 3. The second-order valence-electron chi connectivity index (χ2n) is 3.89.